The van der Waals surface area contributed by atoms with Gasteiger partial charge in [0.1, 0.15) is 18.4 Å². The third-order valence-corrected chi connectivity index (χ3v) is 4.31. The van der Waals surface area contributed by atoms with Crippen LogP contribution in [0.25, 0.3) is 5.82 Å². The third-order valence-electron chi connectivity index (χ3n) is 4.31. The van der Waals surface area contributed by atoms with Gasteiger partial charge in [-0.15, -0.1) is 0 Å². The van der Waals surface area contributed by atoms with E-state index in [1.165, 1.54) is 11.0 Å². The molecule has 1 aromatic carbocycles. The first-order valence-electron chi connectivity index (χ1n) is 8.01. The minimum atomic E-state index is -0.119. The number of ether oxygens (including phenoxy) is 1. The van der Waals surface area contributed by atoms with Gasteiger partial charge in [-0.25, -0.2) is 14.6 Å². The molecule has 0 unspecified atom stereocenters. The number of hydrogen-bond acceptors (Lipinski definition) is 5. The van der Waals surface area contributed by atoms with E-state index in [2.05, 4.69) is 20.4 Å². The van der Waals surface area contributed by atoms with Crippen molar-refractivity contribution in [3.63, 3.8) is 0 Å². The molecule has 0 bridgehead atoms. The highest BCUT2D eigenvalue weighted by Gasteiger charge is 2.41. The average molecular weight is 335 g/mol. The van der Waals surface area contributed by atoms with E-state index < -0.39 is 0 Å². The highest BCUT2D eigenvalue weighted by Crippen LogP contribution is 2.44. The molecule has 1 fully saturated rings. The maximum absolute atomic E-state index is 12.5. The fourth-order valence-corrected chi connectivity index (χ4v) is 2.93. The second-order valence-corrected chi connectivity index (χ2v) is 5.91. The van der Waals surface area contributed by atoms with Crippen LogP contribution in [0.15, 0.2) is 55.2 Å². The molecule has 0 aliphatic heterocycles. The van der Waals surface area contributed by atoms with Crippen molar-refractivity contribution in [1.82, 2.24) is 25.1 Å². The van der Waals surface area contributed by atoms with E-state index in [0.29, 0.717) is 11.4 Å². The Kier molecular flexibility index (Phi) is 3.89. The number of para-hydroxylation sites is 1. The van der Waals surface area contributed by atoms with Crippen LogP contribution in [0.5, 0.6) is 5.75 Å². The number of carbonyl (C=O) groups excluding carboxylic acids is 1. The Morgan fingerprint density at radius 1 is 1.32 bits per heavy atom. The number of rotatable bonds is 5. The van der Waals surface area contributed by atoms with E-state index in [1.54, 1.807) is 31.8 Å². The van der Waals surface area contributed by atoms with Crippen molar-refractivity contribution in [2.75, 3.05) is 7.11 Å². The molecule has 2 heterocycles. The summed E-state index contributed by atoms with van der Waals surface area (Å²) >= 11 is 0. The summed E-state index contributed by atoms with van der Waals surface area (Å²) in [5.41, 5.74) is 1.68. The number of pyridine rings is 1. The van der Waals surface area contributed by atoms with Crippen LogP contribution in [0.2, 0.25) is 0 Å². The standard InChI is InChI=1S/C18H17N5O2/c1-25-16-5-3-2-4-13(16)14-9-15(14)22-18(24)12-6-7-20-17(8-12)23-11-19-10-21-23/h2-8,10-11,14-15H,9H2,1H3,(H,22,24)/t14-,15+/m0/s1. The molecule has 1 aliphatic rings. The molecule has 0 saturated heterocycles. The number of benzene rings is 1. The molecule has 4 rings (SSSR count). The molecule has 126 valence electrons. The number of methoxy groups -OCH3 is 1. The predicted molar refractivity (Wildman–Crippen MR) is 90.8 cm³/mol. The largest absolute Gasteiger partial charge is 0.496 e. The van der Waals surface area contributed by atoms with Gasteiger partial charge in [0.05, 0.1) is 7.11 Å². The summed E-state index contributed by atoms with van der Waals surface area (Å²) in [6.45, 7) is 0. The van der Waals surface area contributed by atoms with Gasteiger partial charge < -0.3 is 10.1 Å². The van der Waals surface area contributed by atoms with Gasteiger partial charge >= 0.3 is 0 Å². The van der Waals surface area contributed by atoms with Crippen LogP contribution in [0.4, 0.5) is 0 Å². The summed E-state index contributed by atoms with van der Waals surface area (Å²) in [7, 11) is 1.66. The summed E-state index contributed by atoms with van der Waals surface area (Å²) in [6.07, 6.45) is 5.47. The lowest BCUT2D eigenvalue weighted by Crippen LogP contribution is -2.26. The first-order valence-corrected chi connectivity index (χ1v) is 8.01. The van der Waals surface area contributed by atoms with Crippen LogP contribution in [-0.2, 0) is 0 Å². The topological polar surface area (TPSA) is 81.9 Å². The Labute approximate surface area is 144 Å². The highest BCUT2D eigenvalue weighted by atomic mass is 16.5. The molecule has 1 amide bonds. The van der Waals surface area contributed by atoms with Crippen LogP contribution < -0.4 is 10.1 Å². The number of nitrogens with one attached hydrogen (secondary N) is 1. The zero-order valence-corrected chi connectivity index (χ0v) is 13.7. The minimum Gasteiger partial charge on any atom is -0.496 e. The van der Waals surface area contributed by atoms with Gasteiger partial charge in [0.15, 0.2) is 5.82 Å². The molecular formula is C18H17N5O2. The van der Waals surface area contributed by atoms with E-state index in [4.69, 9.17) is 4.74 Å². The molecule has 0 spiro atoms. The number of hydrogen-bond donors (Lipinski definition) is 1. The van der Waals surface area contributed by atoms with Gasteiger partial charge in [-0.05, 0) is 30.2 Å². The van der Waals surface area contributed by atoms with Crippen LogP contribution in [0.3, 0.4) is 0 Å². The summed E-state index contributed by atoms with van der Waals surface area (Å²) in [5.74, 6) is 1.59. The normalized spacial score (nSPS) is 18.6. The second-order valence-electron chi connectivity index (χ2n) is 5.91. The molecule has 1 saturated carbocycles. The molecule has 2 atom stereocenters. The smallest absolute Gasteiger partial charge is 0.251 e. The molecule has 25 heavy (non-hydrogen) atoms. The van der Waals surface area contributed by atoms with Crippen molar-refractivity contribution in [3.05, 3.63) is 66.4 Å². The van der Waals surface area contributed by atoms with Crippen molar-refractivity contribution in [3.8, 4) is 11.6 Å². The Bertz CT molecular complexity index is 894. The summed E-state index contributed by atoms with van der Waals surface area (Å²) in [5, 5.41) is 7.10. The quantitative estimate of drug-likeness (QED) is 0.771. The molecule has 7 heteroatoms. The Morgan fingerprint density at radius 2 is 2.20 bits per heavy atom. The summed E-state index contributed by atoms with van der Waals surface area (Å²) in [6, 6.07) is 11.4. The number of nitrogens with zero attached hydrogens (tertiary/aromatic N) is 4. The van der Waals surface area contributed by atoms with E-state index in [-0.39, 0.29) is 17.9 Å². The van der Waals surface area contributed by atoms with Crippen LogP contribution in [0.1, 0.15) is 28.3 Å². The molecule has 1 aliphatic carbocycles. The van der Waals surface area contributed by atoms with E-state index in [9.17, 15) is 4.79 Å². The monoisotopic (exact) mass is 335 g/mol. The first-order chi connectivity index (χ1) is 12.3. The first kappa shape index (κ1) is 15.3. The van der Waals surface area contributed by atoms with E-state index >= 15 is 0 Å². The summed E-state index contributed by atoms with van der Waals surface area (Å²) in [4.78, 5) is 20.6. The lowest BCUT2D eigenvalue weighted by molar-refractivity contribution is 0.0950. The summed E-state index contributed by atoms with van der Waals surface area (Å²) < 4.78 is 6.92. The zero-order valence-electron chi connectivity index (χ0n) is 13.7. The van der Waals surface area contributed by atoms with Gasteiger partial charge in [0.25, 0.3) is 5.91 Å². The molecule has 2 aromatic heterocycles. The lowest BCUT2D eigenvalue weighted by Gasteiger charge is -2.09. The van der Waals surface area contributed by atoms with Gasteiger partial charge in [0, 0.05) is 23.7 Å². The average Bonchev–Trinajstić information content (AvgIpc) is 3.19. The van der Waals surface area contributed by atoms with Gasteiger partial charge in [-0.1, -0.05) is 18.2 Å². The molecule has 0 radical (unpaired) electrons. The Morgan fingerprint density at radius 3 is 3.00 bits per heavy atom. The van der Waals surface area contributed by atoms with Gasteiger partial charge in [0.2, 0.25) is 0 Å². The fraction of sp³-hybridized carbons (Fsp3) is 0.222. The highest BCUT2D eigenvalue weighted by molar-refractivity contribution is 5.95. The Hall–Kier alpha value is -3.22. The van der Waals surface area contributed by atoms with Crippen LogP contribution in [-0.4, -0.2) is 38.8 Å². The molecule has 7 nitrogen and oxygen atoms in total. The number of aromatic nitrogens is 4. The van der Waals surface area contributed by atoms with Crippen molar-refractivity contribution < 1.29 is 9.53 Å². The number of carbonyl (C=O) groups is 1. The maximum Gasteiger partial charge on any atom is 0.251 e. The second kappa shape index (κ2) is 6.35. The third kappa shape index (κ3) is 3.08. The van der Waals surface area contributed by atoms with Crippen LogP contribution >= 0.6 is 0 Å². The predicted octanol–water partition coefficient (Wildman–Crippen LogP) is 1.96. The van der Waals surface area contributed by atoms with E-state index in [0.717, 1.165) is 17.7 Å². The van der Waals surface area contributed by atoms with Crippen molar-refractivity contribution in [1.29, 1.82) is 0 Å². The fourth-order valence-electron chi connectivity index (χ4n) is 2.93. The van der Waals surface area contributed by atoms with Gasteiger partial charge in [-0.3, -0.25) is 4.79 Å². The zero-order chi connectivity index (χ0) is 17.2. The van der Waals surface area contributed by atoms with Crippen molar-refractivity contribution >= 4 is 5.91 Å². The lowest BCUT2D eigenvalue weighted by atomic mass is 10.1. The molecule has 1 N–H and O–H groups in total. The molecule has 3 aromatic rings. The SMILES string of the molecule is COc1ccccc1[C@@H]1C[C@H]1NC(=O)c1ccnc(-n2cncn2)c1. The maximum atomic E-state index is 12.5. The minimum absolute atomic E-state index is 0.117. The Balaban J connectivity index is 1.46. The van der Waals surface area contributed by atoms with Crippen LogP contribution in [0, 0.1) is 0 Å². The van der Waals surface area contributed by atoms with Crippen molar-refractivity contribution in [2.45, 2.75) is 18.4 Å². The van der Waals surface area contributed by atoms with Crippen molar-refractivity contribution in [2.24, 2.45) is 0 Å². The number of amides is 1. The van der Waals surface area contributed by atoms with Gasteiger partial charge in [-0.2, -0.15) is 5.10 Å². The van der Waals surface area contributed by atoms with E-state index in [1.807, 2.05) is 24.3 Å². The molecular weight excluding hydrogens is 318 g/mol.